The predicted molar refractivity (Wildman–Crippen MR) is 146 cm³/mol. The maximum atomic E-state index is 13.5. The summed E-state index contributed by atoms with van der Waals surface area (Å²) < 4.78 is 5.06. The van der Waals surface area contributed by atoms with Crippen LogP contribution in [-0.2, 0) is 9.59 Å². The first-order valence-corrected chi connectivity index (χ1v) is 12.6. The number of piperidine rings is 1. The Morgan fingerprint density at radius 1 is 1.38 bits per heavy atom. The van der Waals surface area contributed by atoms with Crippen LogP contribution in [0.25, 0.3) is 17.0 Å². The van der Waals surface area contributed by atoms with Crippen LogP contribution < -0.4 is 10.6 Å². The van der Waals surface area contributed by atoms with E-state index in [0.29, 0.717) is 58.8 Å². The van der Waals surface area contributed by atoms with E-state index in [2.05, 4.69) is 33.9 Å². The average Bonchev–Trinajstić information content (AvgIpc) is 3.33. The fraction of sp³-hybridized carbons (Fsp3) is 0.370. The van der Waals surface area contributed by atoms with Crippen molar-refractivity contribution in [1.82, 2.24) is 25.7 Å². The maximum Gasteiger partial charge on any atom is 0.260 e. The molecule has 1 aromatic heterocycles. The maximum absolute atomic E-state index is 13.5. The third kappa shape index (κ3) is 6.42. The Hall–Kier alpha value is -3.56. The predicted octanol–water partition coefficient (Wildman–Crippen LogP) is 4.31. The van der Waals surface area contributed by atoms with Gasteiger partial charge in [0.1, 0.15) is 5.84 Å². The molecular weight excluding hydrogens is 492 g/mol. The molecule has 0 radical (unpaired) electrons. The molecule has 37 heavy (non-hydrogen) atoms. The largest absolute Gasteiger partial charge is 0.355 e. The van der Waals surface area contributed by atoms with Gasteiger partial charge < -0.3 is 9.84 Å². The Bertz CT molecular complexity index is 1240. The number of amidine groups is 1. The number of carbonyl (C=O) groups excluding carboxylic acids is 2. The molecule has 196 valence electrons. The fourth-order valence-corrected chi connectivity index (χ4v) is 4.53. The van der Waals surface area contributed by atoms with Crippen molar-refractivity contribution in [3.63, 3.8) is 0 Å². The van der Waals surface area contributed by atoms with E-state index in [0.717, 1.165) is 12.0 Å². The summed E-state index contributed by atoms with van der Waals surface area (Å²) in [7, 11) is 0. The van der Waals surface area contributed by atoms with Gasteiger partial charge in [0.2, 0.25) is 17.6 Å². The number of hydrogen-bond acceptors (Lipinski definition) is 7. The summed E-state index contributed by atoms with van der Waals surface area (Å²) in [4.78, 5) is 35.7. The van der Waals surface area contributed by atoms with E-state index in [1.807, 2.05) is 39.0 Å². The molecule has 2 aliphatic heterocycles. The lowest BCUT2D eigenvalue weighted by Gasteiger charge is -2.31. The van der Waals surface area contributed by atoms with E-state index in [-0.39, 0.29) is 24.0 Å². The SMILES string of the molecule is C/C=C1/C=C(c2ccc(-c3noc(C)n3)cc2Cl)C(=O)N(CC)/C1=N/C(C)NC1CCC(=O)NC1.C=C. The molecule has 0 saturated carbocycles. The number of carbonyl (C=O) groups is 2. The van der Waals surface area contributed by atoms with Crippen LogP contribution in [0.4, 0.5) is 0 Å². The molecule has 2 aliphatic rings. The molecule has 1 fully saturated rings. The monoisotopic (exact) mass is 524 g/mol. The molecule has 0 aliphatic carbocycles. The lowest BCUT2D eigenvalue weighted by Crippen LogP contribution is -2.49. The molecule has 9 nitrogen and oxygen atoms in total. The third-order valence-corrected chi connectivity index (χ3v) is 6.33. The summed E-state index contributed by atoms with van der Waals surface area (Å²) >= 11 is 6.62. The van der Waals surface area contributed by atoms with Gasteiger partial charge in [-0.1, -0.05) is 35.0 Å². The Balaban J connectivity index is 0.00000186. The second-order valence-electron chi connectivity index (χ2n) is 8.52. The molecule has 2 unspecified atom stereocenters. The van der Waals surface area contributed by atoms with Gasteiger partial charge in [-0.3, -0.25) is 19.8 Å². The number of rotatable bonds is 6. The van der Waals surface area contributed by atoms with E-state index in [4.69, 9.17) is 21.1 Å². The van der Waals surface area contributed by atoms with Crippen LogP contribution in [0.2, 0.25) is 5.02 Å². The summed E-state index contributed by atoms with van der Waals surface area (Å²) in [6.45, 7) is 14.5. The zero-order valence-corrected chi connectivity index (χ0v) is 22.4. The van der Waals surface area contributed by atoms with Crippen LogP contribution in [0.1, 0.15) is 45.1 Å². The standard InChI is InChI=1S/C25H29ClN6O3.C2H4/c1-5-16-11-20(19-9-7-17(12-21(19)26)23-30-15(4)35-31-23)25(34)32(6-2)24(16)29-14(3)28-18-8-10-22(33)27-13-18;1-2/h5,7,9,11-12,14,18,28H,6,8,10,13H2,1-4H3,(H,27,33);1-2H2/b16-5-,29-24+;. The molecule has 0 spiro atoms. The first-order chi connectivity index (χ1) is 17.8. The van der Waals surface area contributed by atoms with Crippen molar-refractivity contribution in [2.45, 2.75) is 52.7 Å². The number of halogens is 1. The second kappa shape index (κ2) is 12.6. The number of nitrogens with zero attached hydrogens (tertiary/aromatic N) is 4. The Morgan fingerprint density at radius 2 is 2.14 bits per heavy atom. The van der Waals surface area contributed by atoms with E-state index >= 15 is 0 Å². The number of hydrogen-bond donors (Lipinski definition) is 2. The molecule has 3 heterocycles. The van der Waals surface area contributed by atoms with Crippen molar-refractivity contribution in [2.75, 3.05) is 13.1 Å². The number of aliphatic imine (C=N–C) groups is 1. The van der Waals surface area contributed by atoms with E-state index in [9.17, 15) is 9.59 Å². The summed E-state index contributed by atoms with van der Waals surface area (Å²) in [5, 5.41) is 10.7. The lowest BCUT2D eigenvalue weighted by atomic mass is 9.95. The van der Waals surface area contributed by atoms with Crippen LogP contribution >= 0.6 is 11.6 Å². The van der Waals surface area contributed by atoms with Gasteiger partial charge in [0.15, 0.2) is 0 Å². The highest BCUT2D eigenvalue weighted by Crippen LogP contribution is 2.33. The van der Waals surface area contributed by atoms with Crippen molar-refractivity contribution in [1.29, 1.82) is 0 Å². The van der Waals surface area contributed by atoms with Gasteiger partial charge in [-0.05, 0) is 39.3 Å². The highest BCUT2D eigenvalue weighted by atomic mass is 35.5. The number of amides is 2. The quantitative estimate of drug-likeness (QED) is 0.545. The molecule has 2 aromatic rings. The van der Waals surface area contributed by atoms with E-state index in [1.54, 1.807) is 24.0 Å². The number of benzene rings is 1. The van der Waals surface area contributed by atoms with E-state index < -0.39 is 0 Å². The van der Waals surface area contributed by atoms with Crippen LogP contribution in [0, 0.1) is 6.92 Å². The number of nitrogens with one attached hydrogen (secondary N) is 2. The number of aryl methyl sites for hydroxylation is 1. The van der Waals surface area contributed by atoms with Gasteiger partial charge >= 0.3 is 0 Å². The van der Waals surface area contributed by atoms with Crippen molar-refractivity contribution >= 4 is 34.8 Å². The second-order valence-corrected chi connectivity index (χ2v) is 8.93. The first-order valence-electron chi connectivity index (χ1n) is 12.2. The highest BCUT2D eigenvalue weighted by Gasteiger charge is 2.31. The Labute approximate surface area is 222 Å². The van der Waals surface area contributed by atoms with Gasteiger partial charge in [-0.2, -0.15) is 4.98 Å². The minimum absolute atomic E-state index is 0.0741. The van der Waals surface area contributed by atoms with Crippen molar-refractivity contribution < 1.29 is 14.1 Å². The van der Waals surface area contributed by atoms with Crippen molar-refractivity contribution in [2.24, 2.45) is 4.99 Å². The molecule has 4 rings (SSSR count). The molecule has 2 N–H and O–H groups in total. The number of likely N-dealkylation sites (N-methyl/N-ethyl adjacent to an activating group) is 1. The minimum atomic E-state index is -0.238. The number of allylic oxidation sites excluding steroid dienone is 1. The third-order valence-electron chi connectivity index (χ3n) is 6.02. The van der Waals surface area contributed by atoms with Crippen molar-refractivity contribution in [3.8, 4) is 11.4 Å². The van der Waals surface area contributed by atoms with Gasteiger partial charge in [-0.15, -0.1) is 13.2 Å². The van der Waals surface area contributed by atoms with Crippen LogP contribution in [-0.4, -0.2) is 58.0 Å². The fourth-order valence-electron chi connectivity index (χ4n) is 4.25. The summed E-state index contributed by atoms with van der Waals surface area (Å²) in [6, 6.07) is 5.50. The summed E-state index contributed by atoms with van der Waals surface area (Å²) in [5.41, 5.74) is 2.66. The zero-order valence-electron chi connectivity index (χ0n) is 21.7. The topological polar surface area (TPSA) is 113 Å². The number of aromatic nitrogens is 2. The zero-order chi connectivity index (χ0) is 27.1. The normalized spacial score (nSPS) is 20.8. The Morgan fingerprint density at radius 3 is 2.70 bits per heavy atom. The smallest absolute Gasteiger partial charge is 0.260 e. The minimum Gasteiger partial charge on any atom is -0.355 e. The molecule has 2 atom stereocenters. The summed E-state index contributed by atoms with van der Waals surface area (Å²) in [6.07, 6.45) is 4.79. The molecule has 1 saturated heterocycles. The molecular formula is C27H33ClN6O3. The van der Waals surface area contributed by atoms with Crippen LogP contribution in [0.15, 0.2) is 58.6 Å². The average molecular weight is 525 g/mol. The highest BCUT2D eigenvalue weighted by molar-refractivity contribution is 6.37. The molecule has 2 amide bonds. The van der Waals surface area contributed by atoms with Gasteiger partial charge in [0.25, 0.3) is 5.91 Å². The molecule has 10 heteroatoms. The van der Waals surface area contributed by atoms with Crippen LogP contribution in [0.3, 0.4) is 0 Å². The van der Waals surface area contributed by atoms with Gasteiger partial charge in [-0.25, -0.2) is 4.99 Å². The van der Waals surface area contributed by atoms with E-state index in [1.165, 1.54) is 0 Å². The van der Waals surface area contributed by atoms with Gasteiger partial charge in [0, 0.05) is 59.8 Å². The molecule has 1 aromatic carbocycles. The molecule has 0 bridgehead atoms. The van der Waals surface area contributed by atoms with Gasteiger partial charge in [0.05, 0.1) is 6.17 Å². The summed E-state index contributed by atoms with van der Waals surface area (Å²) in [5.74, 6) is 1.42. The lowest BCUT2D eigenvalue weighted by molar-refractivity contribution is -0.123. The Kier molecular flexibility index (Phi) is 9.54. The van der Waals surface area contributed by atoms with Crippen molar-refractivity contribution in [3.05, 3.63) is 65.6 Å². The first kappa shape index (κ1) is 28.0. The van der Waals surface area contributed by atoms with Crippen LogP contribution in [0.5, 0.6) is 0 Å².